The summed E-state index contributed by atoms with van der Waals surface area (Å²) in [6.45, 7) is 6.70. The van der Waals surface area contributed by atoms with E-state index in [2.05, 4.69) is 36.3 Å². The van der Waals surface area contributed by atoms with Gasteiger partial charge in [0, 0.05) is 24.7 Å². The van der Waals surface area contributed by atoms with Gasteiger partial charge in [-0.05, 0) is 43.5 Å². The molecule has 106 valence electrons. The largest absolute Gasteiger partial charge is 0.316 e. The first-order valence-electron chi connectivity index (χ1n) is 7.28. The molecule has 1 aliphatic rings. The lowest BCUT2D eigenvalue weighted by atomic mass is 9.82. The molecule has 1 aliphatic heterocycles. The predicted octanol–water partition coefficient (Wildman–Crippen LogP) is 3.55. The van der Waals surface area contributed by atoms with Crippen LogP contribution in [0.4, 0.5) is 0 Å². The fraction of sp³-hybridized carbons (Fsp3) is 0.625. The van der Waals surface area contributed by atoms with Crippen LogP contribution in [0.1, 0.15) is 31.7 Å². The average molecular weight is 281 g/mol. The molecule has 1 aromatic rings. The van der Waals surface area contributed by atoms with Crippen LogP contribution in [0, 0.1) is 5.41 Å². The average Bonchev–Trinajstić information content (AvgIpc) is 2.81. The van der Waals surface area contributed by atoms with Gasteiger partial charge in [-0.25, -0.2) is 0 Å². The quantitative estimate of drug-likeness (QED) is 0.857. The van der Waals surface area contributed by atoms with Gasteiger partial charge in [-0.1, -0.05) is 43.1 Å². The van der Waals surface area contributed by atoms with Crippen LogP contribution in [0.25, 0.3) is 0 Å². The third-order valence-corrected chi connectivity index (χ3v) is 4.48. The van der Waals surface area contributed by atoms with Gasteiger partial charge in [0.2, 0.25) is 0 Å². The fourth-order valence-corrected chi connectivity index (χ4v) is 3.49. The first kappa shape index (κ1) is 14.8. The minimum atomic E-state index is 0.463. The number of benzene rings is 1. The molecule has 1 atom stereocenters. The molecule has 1 N–H and O–H groups in total. The molecule has 1 fully saturated rings. The Kier molecular flexibility index (Phi) is 5.26. The van der Waals surface area contributed by atoms with Crippen LogP contribution in [0.5, 0.6) is 0 Å². The maximum absolute atomic E-state index is 6.24. The van der Waals surface area contributed by atoms with Gasteiger partial charge >= 0.3 is 0 Å². The molecule has 0 saturated carbocycles. The van der Waals surface area contributed by atoms with E-state index in [4.69, 9.17) is 11.6 Å². The maximum atomic E-state index is 6.24. The molecule has 0 amide bonds. The molecule has 1 aromatic carbocycles. The lowest BCUT2D eigenvalue weighted by molar-refractivity contribution is 0.172. The summed E-state index contributed by atoms with van der Waals surface area (Å²) >= 11 is 6.24. The number of hydrogen-bond donors (Lipinski definition) is 1. The molecule has 0 spiro atoms. The van der Waals surface area contributed by atoms with E-state index >= 15 is 0 Å². The first-order chi connectivity index (χ1) is 9.15. The molecule has 3 heteroatoms. The van der Waals surface area contributed by atoms with Crippen LogP contribution in [0.3, 0.4) is 0 Å². The SMILES string of the molecule is CCCC1(CN(C)Cc2ccccc2Cl)CCNC1. The Bertz CT molecular complexity index is 399. The monoisotopic (exact) mass is 280 g/mol. The number of nitrogens with zero attached hydrogens (tertiary/aromatic N) is 1. The van der Waals surface area contributed by atoms with Crippen molar-refractivity contribution in [1.82, 2.24) is 10.2 Å². The number of hydrogen-bond acceptors (Lipinski definition) is 2. The van der Waals surface area contributed by atoms with Crippen molar-refractivity contribution in [3.05, 3.63) is 34.9 Å². The Morgan fingerprint density at radius 2 is 2.16 bits per heavy atom. The number of nitrogens with one attached hydrogen (secondary N) is 1. The third-order valence-electron chi connectivity index (χ3n) is 4.12. The van der Waals surface area contributed by atoms with Crippen molar-refractivity contribution in [3.8, 4) is 0 Å². The van der Waals surface area contributed by atoms with Crippen molar-refractivity contribution < 1.29 is 0 Å². The second-order valence-electron chi connectivity index (χ2n) is 5.94. The van der Waals surface area contributed by atoms with Gasteiger partial charge in [-0.3, -0.25) is 0 Å². The molecule has 0 aromatic heterocycles. The van der Waals surface area contributed by atoms with Crippen molar-refractivity contribution in [2.75, 3.05) is 26.7 Å². The van der Waals surface area contributed by atoms with Crippen LogP contribution in [0.2, 0.25) is 5.02 Å². The molecule has 0 radical (unpaired) electrons. The Balaban J connectivity index is 1.96. The maximum Gasteiger partial charge on any atom is 0.0451 e. The van der Waals surface area contributed by atoms with Crippen molar-refractivity contribution in [2.24, 2.45) is 5.41 Å². The van der Waals surface area contributed by atoms with E-state index in [-0.39, 0.29) is 0 Å². The van der Waals surface area contributed by atoms with Gasteiger partial charge in [0.25, 0.3) is 0 Å². The Labute approximate surface area is 122 Å². The van der Waals surface area contributed by atoms with E-state index in [0.29, 0.717) is 5.41 Å². The van der Waals surface area contributed by atoms with E-state index in [1.54, 1.807) is 0 Å². The molecule has 1 saturated heterocycles. The smallest absolute Gasteiger partial charge is 0.0451 e. The summed E-state index contributed by atoms with van der Waals surface area (Å²) in [7, 11) is 2.21. The van der Waals surface area contributed by atoms with Crippen molar-refractivity contribution in [1.29, 1.82) is 0 Å². The van der Waals surface area contributed by atoms with Gasteiger partial charge in [-0.2, -0.15) is 0 Å². The third kappa shape index (κ3) is 3.95. The fourth-order valence-electron chi connectivity index (χ4n) is 3.30. The predicted molar refractivity (Wildman–Crippen MR) is 82.6 cm³/mol. The van der Waals surface area contributed by atoms with E-state index in [1.807, 2.05) is 12.1 Å². The van der Waals surface area contributed by atoms with Gasteiger partial charge in [0.15, 0.2) is 0 Å². The molecular weight excluding hydrogens is 256 g/mol. The lowest BCUT2D eigenvalue weighted by Crippen LogP contribution is -2.37. The van der Waals surface area contributed by atoms with E-state index < -0.39 is 0 Å². The van der Waals surface area contributed by atoms with Gasteiger partial charge in [0.05, 0.1) is 0 Å². The van der Waals surface area contributed by atoms with Gasteiger partial charge in [-0.15, -0.1) is 0 Å². The molecule has 1 heterocycles. The molecule has 19 heavy (non-hydrogen) atoms. The highest BCUT2D eigenvalue weighted by Gasteiger charge is 2.33. The summed E-state index contributed by atoms with van der Waals surface area (Å²) in [5.41, 5.74) is 1.69. The Morgan fingerprint density at radius 1 is 1.37 bits per heavy atom. The van der Waals surface area contributed by atoms with E-state index in [0.717, 1.165) is 24.7 Å². The summed E-state index contributed by atoms with van der Waals surface area (Å²) in [4.78, 5) is 2.42. The lowest BCUT2D eigenvalue weighted by Gasteiger charge is -2.33. The van der Waals surface area contributed by atoms with Crippen LogP contribution in [-0.4, -0.2) is 31.6 Å². The second kappa shape index (κ2) is 6.74. The van der Waals surface area contributed by atoms with Crippen LogP contribution in [-0.2, 0) is 6.54 Å². The van der Waals surface area contributed by atoms with E-state index in [1.165, 1.54) is 31.4 Å². The molecule has 0 aliphatic carbocycles. The topological polar surface area (TPSA) is 15.3 Å². The summed E-state index contributed by atoms with van der Waals surface area (Å²) in [5, 5.41) is 4.40. The van der Waals surface area contributed by atoms with Crippen molar-refractivity contribution in [3.63, 3.8) is 0 Å². The molecule has 0 bridgehead atoms. The minimum Gasteiger partial charge on any atom is -0.316 e. The highest BCUT2D eigenvalue weighted by Crippen LogP contribution is 2.32. The molecule has 2 rings (SSSR count). The van der Waals surface area contributed by atoms with Crippen molar-refractivity contribution >= 4 is 11.6 Å². The number of halogens is 1. The number of rotatable bonds is 6. The zero-order valence-electron chi connectivity index (χ0n) is 12.1. The summed E-state index contributed by atoms with van der Waals surface area (Å²) in [5.74, 6) is 0. The molecular formula is C16H25ClN2. The van der Waals surface area contributed by atoms with E-state index in [9.17, 15) is 0 Å². The zero-order valence-corrected chi connectivity index (χ0v) is 12.8. The standard InChI is InChI=1S/C16H25ClN2/c1-3-8-16(9-10-18-12-16)13-19(2)11-14-6-4-5-7-15(14)17/h4-7,18H,3,8-13H2,1-2H3. The van der Waals surface area contributed by atoms with Gasteiger partial charge < -0.3 is 10.2 Å². The summed E-state index contributed by atoms with van der Waals surface area (Å²) in [6, 6.07) is 8.15. The highest BCUT2D eigenvalue weighted by atomic mass is 35.5. The van der Waals surface area contributed by atoms with Crippen LogP contribution < -0.4 is 5.32 Å². The highest BCUT2D eigenvalue weighted by molar-refractivity contribution is 6.31. The molecule has 1 unspecified atom stereocenters. The molecule has 2 nitrogen and oxygen atoms in total. The summed E-state index contributed by atoms with van der Waals surface area (Å²) < 4.78 is 0. The zero-order chi connectivity index (χ0) is 13.7. The van der Waals surface area contributed by atoms with Gasteiger partial charge in [0.1, 0.15) is 0 Å². The normalized spacial score (nSPS) is 23.2. The first-order valence-corrected chi connectivity index (χ1v) is 7.66. The Hall–Kier alpha value is -0.570. The van der Waals surface area contributed by atoms with Crippen LogP contribution in [0.15, 0.2) is 24.3 Å². The second-order valence-corrected chi connectivity index (χ2v) is 6.35. The Morgan fingerprint density at radius 3 is 2.79 bits per heavy atom. The minimum absolute atomic E-state index is 0.463. The van der Waals surface area contributed by atoms with Crippen molar-refractivity contribution in [2.45, 2.75) is 32.7 Å². The van der Waals surface area contributed by atoms with Crippen LogP contribution >= 0.6 is 11.6 Å². The summed E-state index contributed by atoms with van der Waals surface area (Å²) in [6.07, 6.45) is 3.88.